The summed E-state index contributed by atoms with van der Waals surface area (Å²) in [6, 6.07) is 6.85. The molecule has 26 heavy (non-hydrogen) atoms. The van der Waals surface area contributed by atoms with Crippen LogP contribution in [0.4, 0.5) is 4.39 Å². The third-order valence-corrected chi connectivity index (χ3v) is 6.21. The number of hydrogen-bond donors (Lipinski definition) is 1. The number of carbonyl (C=O) groups is 1. The van der Waals surface area contributed by atoms with Crippen LogP contribution in [-0.4, -0.2) is 36.7 Å². The van der Waals surface area contributed by atoms with Crippen molar-refractivity contribution in [3.8, 4) is 0 Å². The number of piperidine rings is 1. The maximum absolute atomic E-state index is 14.1. The third-order valence-electron chi connectivity index (χ3n) is 4.31. The fourth-order valence-corrected chi connectivity index (χ4v) is 4.42. The van der Waals surface area contributed by atoms with Crippen molar-refractivity contribution in [1.29, 1.82) is 0 Å². The van der Waals surface area contributed by atoms with Gasteiger partial charge < -0.3 is 5.32 Å². The highest BCUT2D eigenvalue weighted by molar-refractivity contribution is 7.89. The summed E-state index contributed by atoms with van der Waals surface area (Å²) in [5, 5.41) is 2.59. The number of halogens is 1. The molecule has 1 fully saturated rings. The summed E-state index contributed by atoms with van der Waals surface area (Å²) in [5.74, 6) is -1.42. The topological polar surface area (TPSA) is 79.4 Å². The molecule has 8 heteroatoms. The van der Waals surface area contributed by atoms with E-state index in [0.29, 0.717) is 13.1 Å². The van der Waals surface area contributed by atoms with Gasteiger partial charge in [-0.1, -0.05) is 12.5 Å². The molecular formula is C18H20FN3O3S. The van der Waals surface area contributed by atoms with Gasteiger partial charge in [0.15, 0.2) is 0 Å². The molecule has 138 valence electrons. The summed E-state index contributed by atoms with van der Waals surface area (Å²) in [6.45, 7) is 1.07. The molecule has 1 N–H and O–H groups in total. The number of rotatable bonds is 5. The average Bonchev–Trinajstić information content (AvgIpc) is 2.68. The molecule has 1 aliphatic rings. The number of pyridine rings is 1. The number of nitrogens with zero attached hydrogens (tertiary/aromatic N) is 2. The van der Waals surface area contributed by atoms with Crippen LogP contribution in [0.15, 0.2) is 47.6 Å². The van der Waals surface area contributed by atoms with Crippen LogP contribution in [-0.2, 0) is 16.6 Å². The molecule has 0 bridgehead atoms. The highest BCUT2D eigenvalue weighted by Gasteiger charge is 2.27. The third kappa shape index (κ3) is 4.08. The molecule has 0 spiro atoms. The molecule has 1 amide bonds. The molecule has 1 aliphatic heterocycles. The molecule has 0 unspecified atom stereocenters. The van der Waals surface area contributed by atoms with Gasteiger partial charge in [0.2, 0.25) is 10.0 Å². The Balaban J connectivity index is 1.79. The van der Waals surface area contributed by atoms with E-state index in [9.17, 15) is 17.6 Å². The van der Waals surface area contributed by atoms with Crippen LogP contribution < -0.4 is 5.32 Å². The lowest BCUT2D eigenvalue weighted by atomic mass is 10.2. The van der Waals surface area contributed by atoms with Crippen molar-refractivity contribution in [2.24, 2.45) is 0 Å². The van der Waals surface area contributed by atoms with E-state index in [1.165, 1.54) is 10.4 Å². The van der Waals surface area contributed by atoms with Crippen molar-refractivity contribution < 1.29 is 17.6 Å². The van der Waals surface area contributed by atoms with Crippen LogP contribution in [0.25, 0.3) is 0 Å². The Labute approximate surface area is 152 Å². The van der Waals surface area contributed by atoms with Gasteiger partial charge in [-0.25, -0.2) is 12.8 Å². The maximum Gasteiger partial charge on any atom is 0.254 e. The molecule has 0 aliphatic carbocycles. The molecular weight excluding hydrogens is 357 g/mol. The van der Waals surface area contributed by atoms with E-state index < -0.39 is 21.7 Å². The molecule has 1 saturated heterocycles. The molecule has 0 saturated carbocycles. The van der Waals surface area contributed by atoms with Gasteiger partial charge in [-0.05, 0) is 42.7 Å². The quantitative estimate of drug-likeness (QED) is 0.867. The molecule has 0 radical (unpaired) electrons. The Morgan fingerprint density at radius 1 is 1.19 bits per heavy atom. The summed E-state index contributed by atoms with van der Waals surface area (Å²) in [7, 11) is -3.73. The monoisotopic (exact) mass is 377 g/mol. The van der Waals surface area contributed by atoms with Crippen molar-refractivity contribution in [3.05, 3.63) is 59.7 Å². The average molecular weight is 377 g/mol. The molecule has 3 rings (SSSR count). The molecule has 2 aromatic rings. The zero-order chi connectivity index (χ0) is 18.6. The van der Waals surface area contributed by atoms with E-state index >= 15 is 0 Å². The van der Waals surface area contributed by atoms with Crippen LogP contribution in [0.5, 0.6) is 0 Å². The zero-order valence-electron chi connectivity index (χ0n) is 14.2. The Kier molecular flexibility index (Phi) is 5.63. The summed E-state index contributed by atoms with van der Waals surface area (Å²) < 4.78 is 40.9. The van der Waals surface area contributed by atoms with Crippen molar-refractivity contribution in [2.45, 2.75) is 30.7 Å². The van der Waals surface area contributed by atoms with Gasteiger partial charge in [-0.15, -0.1) is 0 Å². The van der Waals surface area contributed by atoms with Crippen molar-refractivity contribution in [2.75, 3.05) is 13.1 Å². The lowest BCUT2D eigenvalue weighted by Crippen LogP contribution is -2.35. The largest absolute Gasteiger partial charge is 0.348 e. The van der Waals surface area contributed by atoms with E-state index in [2.05, 4.69) is 10.3 Å². The smallest absolute Gasteiger partial charge is 0.254 e. The van der Waals surface area contributed by atoms with Crippen LogP contribution in [0.2, 0.25) is 0 Å². The Morgan fingerprint density at radius 2 is 1.96 bits per heavy atom. The fourth-order valence-electron chi connectivity index (χ4n) is 2.87. The minimum atomic E-state index is -3.73. The first kappa shape index (κ1) is 18.5. The van der Waals surface area contributed by atoms with E-state index in [-0.39, 0.29) is 17.0 Å². The number of nitrogens with one attached hydrogen (secondary N) is 1. The van der Waals surface area contributed by atoms with Gasteiger partial charge in [0.05, 0.1) is 10.5 Å². The molecule has 6 nitrogen and oxygen atoms in total. The van der Waals surface area contributed by atoms with Gasteiger partial charge in [-0.3, -0.25) is 9.78 Å². The van der Waals surface area contributed by atoms with Gasteiger partial charge >= 0.3 is 0 Å². The van der Waals surface area contributed by atoms with E-state index in [1.54, 1.807) is 24.5 Å². The van der Waals surface area contributed by atoms with Crippen LogP contribution in [0.1, 0.15) is 35.2 Å². The fraction of sp³-hybridized carbons (Fsp3) is 0.333. The number of carbonyl (C=O) groups excluding carboxylic acids is 1. The van der Waals surface area contributed by atoms with Gasteiger partial charge in [0.25, 0.3) is 5.91 Å². The predicted molar refractivity (Wildman–Crippen MR) is 94.4 cm³/mol. The van der Waals surface area contributed by atoms with E-state index in [0.717, 1.165) is 37.0 Å². The molecule has 1 aromatic carbocycles. The predicted octanol–water partition coefficient (Wildman–Crippen LogP) is 2.33. The Hall–Kier alpha value is -2.32. The summed E-state index contributed by atoms with van der Waals surface area (Å²) in [4.78, 5) is 16.2. The lowest BCUT2D eigenvalue weighted by Gasteiger charge is -2.26. The second-order valence-electron chi connectivity index (χ2n) is 6.15. The van der Waals surface area contributed by atoms with Crippen molar-refractivity contribution >= 4 is 15.9 Å². The second-order valence-corrected chi connectivity index (χ2v) is 8.09. The summed E-state index contributed by atoms with van der Waals surface area (Å²) >= 11 is 0. The molecule has 0 atom stereocenters. The Bertz CT molecular complexity index is 882. The second kappa shape index (κ2) is 7.92. The number of sulfonamides is 1. The van der Waals surface area contributed by atoms with Crippen LogP contribution >= 0.6 is 0 Å². The van der Waals surface area contributed by atoms with Crippen molar-refractivity contribution in [3.63, 3.8) is 0 Å². The first-order chi connectivity index (χ1) is 12.5. The van der Waals surface area contributed by atoms with Crippen LogP contribution in [0, 0.1) is 5.82 Å². The number of aromatic nitrogens is 1. The Morgan fingerprint density at radius 3 is 2.65 bits per heavy atom. The first-order valence-electron chi connectivity index (χ1n) is 8.45. The van der Waals surface area contributed by atoms with E-state index in [4.69, 9.17) is 0 Å². The number of amides is 1. The number of hydrogen-bond acceptors (Lipinski definition) is 4. The van der Waals surface area contributed by atoms with Gasteiger partial charge in [0.1, 0.15) is 5.82 Å². The SMILES string of the molecule is O=C(NCc1cccnc1)c1cc(S(=O)(=O)N2CCCCC2)ccc1F. The standard InChI is InChI=1S/C18H20FN3O3S/c19-17-7-6-15(26(24,25)22-9-2-1-3-10-22)11-16(17)18(23)21-13-14-5-4-8-20-12-14/h4-8,11-12H,1-3,9-10,13H2,(H,21,23). The first-order valence-corrected chi connectivity index (χ1v) is 9.89. The highest BCUT2D eigenvalue weighted by atomic mass is 32.2. The van der Waals surface area contributed by atoms with Gasteiger partial charge in [0, 0.05) is 32.0 Å². The number of benzene rings is 1. The summed E-state index contributed by atoms with van der Waals surface area (Å²) in [5.41, 5.74) is 0.477. The maximum atomic E-state index is 14.1. The minimum Gasteiger partial charge on any atom is -0.348 e. The van der Waals surface area contributed by atoms with Crippen molar-refractivity contribution in [1.82, 2.24) is 14.6 Å². The highest BCUT2D eigenvalue weighted by Crippen LogP contribution is 2.22. The molecule has 2 heterocycles. The van der Waals surface area contributed by atoms with E-state index in [1.807, 2.05) is 0 Å². The summed E-state index contributed by atoms with van der Waals surface area (Å²) in [6.07, 6.45) is 5.81. The molecule has 1 aromatic heterocycles. The minimum absolute atomic E-state index is 0.0627. The lowest BCUT2D eigenvalue weighted by molar-refractivity contribution is 0.0946. The normalized spacial score (nSPS) is 15.6. The van der Waals surface area contributed by atoms with Gasteiger partial charge in [-0.2, -0.15) is 4.31 Å². The zero-order valence-corrected chi connectivity index (χ0v) is 15.0. The van der Waals surface area contributed by atoms with Crippen LogP contribution in [0.3, 0.4) is 0 Å².